The van der Waals surface area contributed by atoms with Gasteiger partial charge < -0.3 is 4.57 Å². The minimum atomic E-state index is 0.577. The number of para-hydroxylation sites is 2. The van der Waals surface area contributed by atoms with Crippen molar-refractivity contribution in [2.24, 2.45) is 0 Å². The smallest absolute Gasteiger partial charge is 0.238 e. The van der Waals surface area contributed by atoms with Gasteiger partial charge in [-0.1, -0.05) is 152 Å². The van der Waals surface area contributed by atoms with E-state index in [9.17, 15) is 0 Å². The molecule has 0 atom stereocenters. The van der Waals surface area contributed by atoms with E-state index in [-0.39, 0.29) is 0 Å². The van der Waals surface area contributed by atoms with Gasteiger partial charge in [0, 0.05) is 58.5 Å². The Bertz CT molecular complexity index is 3810. The molecule has 0 aliphatic heterocycles. The fraction of sp³-hybridized carbons (Fsp3) is 0. The Labute approximate surface area is 354 Å². The maximum Gasteiger partial charge on any atom is 0.238 e. The Morgan fingerprint density at radius 3 is 1.67 bits per heavy atom. The van der Waals surface area contributed by atoms with Crippen LogP contribution in [-0.2, 0) is 0 Å². The molecule has 13 aromatic rings. The summed E-state index contributed by atoms with van der Waals surface area (Å²) in [6, 6.07) is 71.4. The zero-order chi connectivity index (χ0) is 40.0. The molecule has 9 aromatic carbocycles. The van der Waals surface area contributed by atoms with Crippen molar-refractivity contribution < 1.29 is 0 Å². The summed E-state index contributed by atoms with van der Waals surface area (Å²) in [5, 5.41) is 9.81. The van der Waals surface area contributed by atoms with Crippen LogP contribution in [0.25, 0.3) is 120 Å². The van der Waals surface area contributed by atoms with E-state index in [1.165, 1.54) is 58.1 Å². The van der Waals surface area contributed by atoms with Crippen LogP contribution < -0.4 is 0 Å². The first-order valence-electron chi connectivity index (χ1n) is 20.5. The third-order valence-corrected chi connectivity index (χ3v) is 13.4. The quantitative estimate of drug-likeness (QED) is 0.174. The first-order chi connectivity index (χ1) is 30.3. The van der Waals surface area contributed by atoms with E-state index in [0.29, 0.717) is 17.6 Å². The molecule has 0 spiro atoms. The molecular weight excluding hydrogens is 763 g/mol. The summed E-state index contributed by atoms with van der Waals surface area (Å²) in [6.45, 7) is 0. The molecule has 0 unspecified atom stereocenters. The van der Waals surface area contributed by atoms with E-state index in [4.69, 9.17) is 15.0 Å². The Hall–Kier alpha value is -7.93. The van der Waals surface area contributed by atoms with Gasteiger partial charge in [0.1, 0.15) is 0 Å². The highest BCUT2D eigenvalue weighted by Crippen LogP contribution is 2.46. The highest BCUT2D eigenvalue weighted by Gasteiger charge is 2.23. The largest absolute Gasteiger partial charge is 0.309 e. The lowest BCUT2D eigenvalue weighted by atomic mass is 9.94. The molecule has 0 saturated carbocycles. The predicted molar refractivity (Wildman–Crippen MR) is 255 cm³/mol. The minimum absolute atomic E-state index is 0.577. The number of thiophene rings is 1. The first kappa shape index (κ1) is 34.0. The molecule has 61 heavy (non-hydrogen) atoms. The van der Waals surface area contributed by atoms with Crippen molar-refractivity contribution in [2.75, 3.05) is 0 Å². The van der Waals surface area contributed by atoms with Crippen molar-refractivity contribution in [1.29, 1.82) is 0 Å². The lowest BCUT2D eigenvalue weighted by molar-refractivity contribution is 0.954. The Balaban J connectivity index is 1.13. The van der Waals surface area contributed by atoms with Gasteiger partial charge in [-0.15, -0.1) is 11.3 Å². The molecule has 4 heterocycles. The van der Waals surface area contributed by atoms with Crippen LogP contribution in [0.3, 0.4) is 0 Å². The number of nitrogens with zero attached hydrogens (tertiary/aromatic N) is 5. The summed E-state index contributed by atoms with van der Waals surface area (Å²) in [7, 11) is 0. The zero-order valence-electron chi connectivity index (χ0n) is 32.7. The summed E-state index contributed by atoms with van der Waals surface area (Å²) in [4.78, 5) is 15.5. The van der Waals surface area contributed by atoms with Gasteiger partial charge in [0.05, 0.1) is 22.1 Å². The molecule has 0 saturated heterocycles. The SMILES string of the molecule is c1ccc(-c2nc(-c3ccccc3)nc(-n3c4ccccc4c4c5ccccc5c(-c5ccc6c(c5)c5c7sc8ccccc8c7ccc5n6-c5ccccc5)cc43)n2)cc1. The average Bonchev–Trinajstić information content (AvgIpc) is 3.99. The number of hydrogen-bond donors (Lipinski definition) is 0. The van der Waals surface area contributed by atoms with Crippen molar-refractivity contribution in [3.8, 4) is 45.5 Å². The molecule has 4 aromatic heterocycles. The molecule has 0 amide bonds. The number of aromatic nitrogens is 5. The number of rotatable bonds is 5. The number of benzene rings is 9. The van der Waals surface area contributed by atoms with Crippen LogP contribution in [-0.4, -0.2) is 24.1 Å². The van der Waals surface area contributed by atoms with E-state index in [0.717, 1.165) is 44.4 Å². The summed E-state index contributed by atoms with van der Waals surface area (Å²) >= 11 is 1.89. The van der Waals surface area contributed by atoms with Crippen LogP contribution in [0.5, 0.6) is 0 Å². The minimum Gasteiger partial charge on any atom is -0.309 e. The lowest BCUT2D eigenvalue weighted by Gasteiger charge is -2.13. The van der Waals surface area contributed by atoms with Crippen molar-refractivity contribution in [3.05, 3.63) is 200 Å². The summed E-state index contributed by atoms with van der Waals surface area (Å²) in [6.07, 6.45) is 0. The molecule has 6 heteroatoms. The Morgan fingerprint density at radius 2 is 0.934 bits per heavy atom. The van der Waals surface area contributed by atoms with Crippen molar-refractivity contribution in [1.82, 2.24) is 24.1 Å². The average molecular weight is 796 g/mol. The van der Waals surface area contributed by atoms with Crippen LogP contribution in [0.2, 0.25) is 0 Å². The van der Waals surface area contributed by atoms with Gasteiger partial charge in [-0.3, -0.25) is 4.57 Å². The second-order valence-corrected chi connectivity index (χ2v) is 16.6. The zero-order valence-corrected chi connectivity index (χ0v) is 33.5. The topological polar surface area (TPSA) is 48.5 Å². The summed E-state index contributed by atoms with van der Waals surface area (Å²) < 4.78 is 7.28. The first-order valence-corrected chi connectivity index (χ1v) is 21.3. The second-order valence-electron chi connectivity index (χ2n) is 15.6. The van der Waals surface area contributed by atoms with E-state index < -0.39 is 0 Å². The van der Waals surface area contributed by atoms with Crippen LogP contribution in [0.1, 0.15) is 0 Å². The lowest BCUT2D eigenvalue weighted by Crippen LogP contribution is -2.06. The van der Waals surface area contributed by atoms with E-state index in [1.807, 2.05) is 47.7 Å². The molecule has 284 valence electrons. The third-order valence-electron chi connectivity index (χ3n) is 12.2. The molecule has 0 aliphatic rings. The maximum atomic E-state index is 5.25. The fourth-order valence-electron chi connectivity index (χ4n) is 9.49. The standard InChI is InChI=1S/C55H33N5S/c1-4-16-34(17-5-1)53-56-54(35-18-6-2-7-19-35)58-55(57-53)60-45-26-14-12-25-42(45)50-40-24-11-10-22-38(40)43(33-48(50)60)36-28-30-46-44(32-36)51-47(59(46)37-20-8-3-9-21-37)31-29-41-39-23-13-15-27-49(39)61-52(41)51/h1-33H. The molecule has 0 bridgehead atoms. The normalized spacial score (nSPS) is 11.9. The third kappa shape index (κ3) is 5.16. The van der Waals surface area contributed by atoms with Crippen molar-refractivity contribution >= 4 is 85.9 Å². The van der Waals surface area contributed by atoms with Gasteiger partial charge in [-0.25, -0.2) is 4.98 Å². The van der Waals surface area contributed by atoms with Crippen LogP contribution in [0.4, 0.5) is 0 Å². The van der Waals surface area contributed by atoms with Crippen LogP contribution in [0, 0.1) is 0 Å². The Morgan fingerprint density at radius 1 is 0.344 bits per heavy atom. The predicted octanol–water partition coefficient (Wildman–Crippen LogP) is 14.6. The van der Waals surface area contributed by atoms with Gasteiger partial charge in [-0.05, 0) is 70.4 Å². The summed E-state index contributed by atoms with van der Waals surface area (Å²) in [5.41, 5.74) is 9.79. The van der Waals surface area contributed by atoms with Crippen LogP contribution >= 0.6 is 11.3 Å². The molecule has 5 nitrogen and oxygen atoms in total. The maximum absolute atomic E-state index is 5.25. The van der Waals surface area contributed by atoms with Crippen LogP contribution in [0.15, 0.2) is 200 Å². The van der Waals surface area contributed by atoms with Gasteiger partial charge in [0.15, 0.2) is 11.6 Å². The molecule has 0 radical (unpaired) electrons. The number of hydrogen-bond acceptors (Lipinski definition) is 4. The molecule has 0 aliphatic carbocycles. The molecular formula is C55H33N5S. The highest BCUT2D eigenvalue weighted by molar-refractivity contribution is 7.26. The second kappa shape index (κ2) is 13.3. The Kier molecular flexibility index (Phi) is 7.41. The number of fused-ring (bicyclic) bond motifs is 12. The van der Waals surface area contributed by atoms with E-state index in [2.05, 4.69) is 173 Å². The summed E-state index contributed by atoms with van der Waals surface area (Å²) in [5.74, 6) is 1.84. The van der Waals surface area contributed by atoms with Crippen molar-refractivity contribution in [2.45, 2.75) is 0 Å². The van der Waals surface area contributed by atoms with Gasteiger partial charge >= 0.3 is 0 Å². The fourth-order valence-corrected chi connectivity index (χ4v) is 10.7. The van der Waals surface area contributed by atoms with Gasteiger partial charge in [0.25, 0.3) is 0 Å². The van der Waals surface area contributed by atoms with E-state index in [1.54, 1.807) is 0 Å². The van der Waals surface area contributed by atoms with Crippen molar-refractivity contribution in [3.63, 3.8) is 0 Å². The molecule has 0 N–H and O–H groups in total. The van der Waals surface area contributed by atoms with Gasteiger partial charge in [-0.2, -0.15) is 9.97 Å². The molecule has 0 fully saturated rings. The molecule has 13 rings (SSSR count). The van der Waals surface area contributed by atoms with E-state index >= 15 is 0 Å². The monoisotopic (exact) mass is 795 g/mol. The van der Waals surface area contributed by atoms with Gasteiger partial charge in [0.2, 0.25) is 5.95 Å². The highest BCUT2D eigenvalue weighted by atomic mass is 32.1.